The van der Waals surface area contributed by atoms with E-state index in [4.69, 9.17) is 25.8 Å². The molecule has 266 valence electrons. The van der Waals surface area contributed by atoms with E-state index in [-0.39, 0.29) is 54.9 Å². The Kier molecular flexibility index (Phi) is 12.5. The van der Waals surface area contributed by atoms with Crippen molar-refractivity contribution in [2.75, 3.05) is 26.8 Å². The maximum atomic E-state index is 14.1. The van der Waals surface area contributed by atoms with Crippen LogP contribution in [0.4, 0.5) is 4.39 Å². The minimum absolute atomic E-state index is 0.0766. The Labute approximate surface area is 300 Å². The predicted octanol–water partition coefficient (Wildman–Crippen LogP) is 4.92. The molecule has 0 spiro atoms. The highest BCUT2D eigenvalue weighted by atomic mass is 35.5. The Balaban J connectivity index is 1.32. The molecule has 0 unspecified atom stereocenters. The zero-order chi connectivity index (χ0) is 36.3. The zero-order valence-electron chi connectivity index (χ0n) is 28.1. The highest BCUT2D eigenvalue weighted by molar-refractivity contribution is 6.30. The molecule has 3 atom stereocenters. The van der Waals surface area contributed by atoms with Gasteiger partial charge in [0, 0.05) is 24.6 Å². The van der Waals surface area contributed by atoms with Crippen LogP contribution in [-0.2, 0) is 20.8 Å². The monoisotopic (exact) mass is 716 g/mol. The summed E-state index contributed by atoms with van der Waals surface area (Å²) in [7, 11) is 1.61. The van der Waals surface area contributed by atoms with Gasteiger partial charge in [-0.05, 0) is 55.0 Å². The third kappa shape index (κ3) is 10.4. The lowest BCUT2D eigenvalue weighted by atomic mass is 10.0. The molecule has 0 bridgehead atoms. The summed E-state index contributed by atoms with van der Waals surface area (Å²) in [6.45, 7) is 1.87. The summed E-state index contributed by atoms with van der Waals surface area (Å²) in [4.78, 5) is 55.7. The molecule has 0 fully saturated rings. The molecule has 1 aliphatic heterocycles. The highest BCUT2D eigenvalue weighted by Gasteiger charge is 2.30. The Morgan fingerprint density at radius 2 is 1.75 bits per heavy atom. The number of benzene rings is 4. The third-order valence-electron chi connectivity index (χ3n) is 7.93. The average Bonchev–Trinajstić information content (AvgIpc) is 3.10. The molecule has 4 aromatic rings. The predicted molar refractivity (Wildman–Crippen MR) is 189 cm³/mol. The summed E-state index contributed by atoms with van der Waals surface area (Å²) in [6.07, 6.45) is -0.254. The van der Waals surface area contributed by atoms with Gasteiger partial charge in [0.15, 0.2) is 11.5 Å². The molecule has 13 heteroatoms. The first-order valence-corrected chi connectivity index (χ1v) is 16.7. The number of halogens is 2. The number of likely N-dealkylation sites (N-methyl/N-ethyl adjacent to an activating group) is 1. The molecule has 4 amide bonds. The van der Waals surface area contributed by atoms with Crippen molar-refractivity contribution in [2.45, 2.75) is 37.9 Å². The first kappa shape index (κ1) is 36.7. The highest BCUT2D eigenvalue weighted by Crippen LogP contribution is 2.33. The van der Waals surface area contributed by atoms with E-state index in [2.05, 4.69) is 16.0 Å². The summed E-state index contributed by atoms with van der Waals surface area (Å²) in [5.41, 5.74) is 0.984. The van der Waals surface area contributed by atoms with Crippen molar-refractivity contribution in [1.82, 2.24) is 20.9 Å². The Hall–Kier alpha value is -5.62. The number of rotatable bonds is 9. The molecule has 4 aromatic carbocycles. The van der Waals surface area contributed by atoms with Gasteiger partial charge in [0.2, 0.25) is 17.7 Å². The number of hydrogen-bond acceptors (Lipinski definition) is 7. The standard InChI is InChI=1S/C38H38ClFN4O7/c1-24(23-50-33-16-15-27(40)21-34(33)51-28-12-8-11-26(39)20-28)41-37(47)30-22-35(45)42-31(19-25-9-4-3-5-10-25)38(48)44(2)17-18-49-32-14-7-6-13-29(32)36(46)43-30/h3-16,20-21,24,30-31H,17-19,22-23H2,1-2H3,(H,41,47)(H,42,45)(H,43,46)/t24-,30+,31+/m1/s1. The van der Waals surface area contributed by atoms with Crippen LogP contribution in [-0.4, -0.2) is 73.5 Å². The van der Waals surface area contributed by atoms with Crippen LogP contribution in [0.5, 0.6) is 23.0 Å². The number of nitrogens with zero attached hydrogens (tertiary/aromatic N) is 1. The van der Waals surface area contributed by atoms with Crippen molar-refractivity contribution < 1.29 is 37.8 Å². The molecule has 0 aromatic heterocycles. The van der Waals surface area contributed by atoms with Crippen molar-refractivity contribution in [3.8, 4) is 23.0 Å². The molecule has 1 aliphatic rings. The van der Waals surface area contributed by atoms with Crippen molar-refractivity contribution >= 4 is 35.2 Å². The van der Waals surface area contributed by atoms with Crippen LogP contribution in [0.2, 0.25) is 5.02 Å². The molecule has 11 nitrogen and oxygen atoms in total. The van der Waals surface area contributed by atoms with Gasteiger partial charge < -0.3 is 35.1 Å². The zero-order valence-corrected chi connectivity index (χ0v) is 28.8. The number of hydrogen-bond donors (Lipinski definition) is 3. The Bertz CT molecular complexity index is 1860. The first-order valence-electron chi connectivity index (χ1n) is 16.3. The van der Waals surface area contributed by atoms with Crippen molar-refractivity contribution in [1.29, 1.82) is 0 Å². The molecule has 1 heterocycles. The van der Waals surface area contributed by atoms with E-state index >= 15 is 0 Å². The smallest absolute Gasteiger partial charge is 0.255 e. The van der Waals surface area contributed by atoms with Crippen LogP contribution >= 0.6 is 11.6 Å². The van der Waals surface area contributed by atoms with Gasteiger partial charge in [-0.25, -0.2) is 4.39 Å². The van der Waals surface area contributed by atoms with Crippen molar-refractivity contribution in [2.24, 2.45) is 0 Å². The maximum absolute atomic E-state index is 14.1. The first-order chi connectivity index (χ1) is 24.5. The van der Waals surface area contributed by atoms with Gasteiger partial charge in [-0.1, -0.05) is 60.1 Å². The van der Waals surface area contributed by atoms with Crippen LogP contribution in [0, 0.1) is 5.82 Å². The van der Waals surface area contributed by atoms with Crippen molar-refractivity contribution in [3.63, 3.8) is 0 Å². The summed E-state index contributed by atoms with van der Waals surface area (Å²) in [5.74, 6) is -1.86. The van der Waals surface area contributed by atoms with Crippen LogP contribution in [0.25, 0.3) is 0 Å². The molecule has 5 rings (SSSR count). The van der Waals surface area contributed by atoms with Gasteiger partial charge in [-0.15, -0.1) is 0 Å². The van der Waals surface area contributed by atoms with E-state index in [0.717, 1.165) is 11.6 Å². The van der Waals surface area contributed by atoms with E-state index in [0.29, 0.717) is 10.8 Å². The molecule has 3 N–H and O–H groups in total. The number of nitrogens with one attached hydrogen (secondary N) is 3. The fraction of sp³-hybridized carbons (Fsp3) is 0.263. The minimum atomic E-state index is -1.34. The Morgan fingerprint density at radius 1 is 0.980 bits per heavy atom. The van der Waals surface area contributed by atoms with Gasteiger partial charge in [-0.3, -0.25) is 19.2 Å². The summed E-state index contributed by atoms with van der Waals surface area (Å²) < 4.78 is 31.7. The van der Waals surface area contributed by atoms with E-state index in [1.54, 1.807) is 62.5 Å². The van der Waals surface area contributed by atoms with Crippen molar-refractivity contribution in [3.05, 3.63) is 119 Å². The topological polar surface area (TPSA) is 135 Å². The number of fused-ring (bicyclic) bond motifs is 1. The number of amides is 4. The van der Waals surface area contributed by atoms with Gasteiger partial charge in [0.25, 0.3) is 5.91 Å². The summed E-state index contributed by atoms with van der Waals surface area (Å²) in [6, 6.07) is 23.2. The van der Waals surface area contributed by atoms with Crippen LogP contribution < -0.4 is 30.2 Å². The molecule has 0 aliphatic carbocycles. The average molecular weight is 717 g/mol. The summed E-state index contributed by atoms with van der Waals surface area (Å²) >= 11 is 6.06. The number of ether oxygens (including phenoxy) is 3. The molecular formula is C38H38ClFN4O7. The van der Waals surface area contributed by atoms with E-state index in [9.17, 15) is 23.6 Å². The molecule has 51 heavy (non-hydrogen) atoms. The van der Waals surface area contributed by atoms with E-state index in [1.165, 1.54) is 17.0 Å². The quantitative estimate of drug-likeness (QED) is 0.224. The number of carbonyl (C=O) groups excluding carboxylic acids is 4. The van der Waals surface area contributed by atoms with Gasteiger partial charge in [0.1, 0.15) is 42.6 Å². The lowest BCUT2D eigenvalue weighted by molar-refractivity contribution is -0.136. The normalized spacial score (nSPS) is 17.5. The van der Waals surface area contributed by atoms with E-state index in [1.807, 2.05) is 30.3 Å². The van der Waals surface area contributed by atoms with Gasteiger partial charge >= 0.3 is 0 Å². The fourth-order valence-electron chi connectivity index (χ4n) is 5.32. The van der Waals surface area contributed by atoms with E-state index < -0.39 is 48.1 Å². The second-order valence-electron chi connectivity index (χ2n) is 12.0. The Morgan fingerprint density at radius 3 is 2.53 bits per heavy atom. The maximum Gasteiger partial charge on any atom is 0.255 e. The largest absolute Gasteiger partial charge is 0.491 e. The van der Waals surface area contributed by atoms with Crippen LogP contribution in [0.15, 0.2) is 97.1 Å². The fourth-order valence-corrected chi connectivity index (χ4v) is 5.50. The minimum Gasteiger partial charge on any atom is -0.491 e. The molecule has 0 saturated carbocycles. The number of carbonyl (C=O) groups is 4. The second-order valence-corrected chi connectivity index (χ2v) is 12.5. The SMILES string of the molecule is C[C@H](COc1ccc(F)cc1Oc1cccc(Cl)c1)NC(=O)[C@@H]1CC(=O)N[C@@H](Cc2ccccc2)C(=O)N(C)CCOc2ccccc2C(=O)N1. The lowest BCUT2D eigenvalue weighted by Gasteiger charge is -2.27. The lowest BCUT2D eigenvalue weighted by Crippen LogP contribution is -2.54. The molecule has 0 radical (unpaired) electrons. The van der Waals surface area contributed by atoms with Crippen LogP contribution in [0.3, 0.4) is 0 Å². The summed E-state index contributed by atoms with van der Waals surface area (Å²) in [5, 5.41) is 8.65. The van der Waals surface area contributed by atoms with Gasteiger partial charge in [0.05, 0.1) is 24.6 Å². The number of para-hydroxylation sites is 1. The van der Waals surface area contributed by atoms with Crippen LogP contribution in [0.1, 0.15) is 29.3 Å². The second kappa shape index (κ2) is 17.3. The van der Waals surface area contributed by atoms with Gasteiger partial charge in [-0.2, -0.15) is 0 Å². The molecular weight excluding hydrogens is 679 g/mol. The third-order valence-corrected chi connectivity index (χ3v) is 8.16. The molecule has 0 saturated heterocycles.